The molecule has 0 bridgehead atoms. The Bertz CT molecular complexity index is 828. The van der Waals surface area contributed by atoms with Gasteiger partial charge in [-0.25, -0.2) is 0 Å². The molecule has 6 nitrogen and oxygen atoms in total. The van der Waals surface area contributed by atoms with E-state index in [2.05, 4.69) is 17.1 Å². The highest BCUT2D eigenvalue weighted by Crippen LogP contribution is 2.16. The van der Waals surface area contributed by atoms with Gasteiger partial charge in [-0.2, -0.15) is 0 Å². The number of benzene rings is 2. The van der Waals surface area contributed by atoms with Crippen LogP contribution in [0.25, 0.3) is 0 Å². The lowest BCUT2D eigenvalue weighted by atomic mass is 10.1. The van der Waals surface area contributed by atoms with Crippen LogP contribution in [-0.4, -0.2) is 60.9 Å². The van der Waals surface area contributed by atoms with Gasteiger partial charge in [0.05, 0.1) is 13.2 Å². The average molecular weight is 396 g/mol. The van der Waals surface area contributed by atoms with E-state index in [0.29, 0.717) is 44.9 Å². The molecule has 3 rings (SSSR count). The van der Waals surface area contributed by atoms with E-state index in [4.69, 9.17) is 4.74 Å². The van der Waals surface area contributed by atoms with Gasteiger partial charge >= 0.3 is 0 Å². The number of carbonyl (C=O) groups is 2. The quantitative estimate of drug-likeness (QED) is 0.783. The molecule has 1 N–H and O–H groups in total. The van der Waals surface area contributed by atoms with Gasteiger partial charge in [0, 0.05) is 37.4 Å². The lowest BCUT2D eigenvalue weighted by molar-refractivity contribution is -0.117. The first-order valence-electron chi connectivity index (χ1n) is 10.2. The van der Waals surface area contributed by atoms with Gasteiger partial charge in [0.25, 0.3) is 5.91 Å². The zero-order chi connectivity index (χ0) is 20.6. The molecule has 0 unspecified atom stereocenters. The molecule has 0 atom stereocenters. The summed E-state index contributed by atoms with van der Waals surface area (Å²) in [7, 11) is 0. The summed E-state index contributed by atoms with van der Waals surface area (Å²) in [5.41, 5.74) is 2.67. The zero-order valence-corrected chi connectivity index (χ0v) is 17.2. The molecule has 0 saturated carbocycles. The highest BCUT2D eigenvalue weighted by Gasteiger charge is 2.23. The number of para-hydroxylation sites is 1. The lowest BCUT2D eigenvalue weighted by Crippen LogP contribution is -2.50. The molecule has 0 radical (unpaired) electrons. The van der Waals surface area contributed by atoms with Crippen LogP contribution in [0.2, 0.25) is 0 Å². The Hall–Kier alpha value is -2.86. The summed E-state index contributed by atoms with van der Waals surface area (Å²) in [5.74, 6) is 0.774. The maximum atomic E-state index is 12.7. The van der Waals surface area contributed by atoms with Crippen molar-refractivity contribution >= 4 is 17.5 Å². The number of ether oxygens (including phenoxy) is 1. The van der Waals surface area contributed by atoms with E-state index < -0.39 is 0 Å². The third-order valence-electron chi connectivity index (χ3n) is 5.11. The van der Waals surface area contributed by atoms with Gasteiger partial charge in [-0.05, 0) is 49.2 Å². The van der Waals surface area contributed by atoms with E-state index in [1.807, 2.05) is 48.2 Å². The van der Waals surface area contributed by atoms with Crippen molar-refractivity contribution in [2.75, 3.05) is 44.6 Å². The van der Waals surface area contributed by atoms with Gasteiger partial charge in [-0.3, -0.25) is 14.5 Å². The van der Waals surface area contributed by atoms with Gasteiger partial charge in [0.2, 0.25) is 5.91 Å². The van der Waals surface area contributed by atoms with Crippen molar-refractivity contribution in [2.24, 2.45) is 0 Å². The molecule has 0 aliphatic carbocycles. The SMILES string of the molecule is CCOc1ccc(C(=O)N2CCN(CC(=O)Nc3ccccc3CC)CC2)cc1. The van der Waals surface area contributed by atoms with Gasteiger partial charge < -0.3 is 15.0 Å². The molecule has 2 amide bonds. The summed E-state index contributed by atoms with van der Waals surface area (Å²) in [6.07, 6.45) is 0.878. The summed E-state index contributed by atoms with van der Waals surface area (Å²) in [4.78, 5) is 29.1. The highest BCUT2D eigenvalue weighted by molar-refractivity contribution is 5.94. The van der Waals surface area contributed by atoms with Crippen LogP contribution in [0.5, 0.6) is 5.75 Å². The second-order valence-electron chi connectivity index (χ2n) is 7.08. The molecule has 2 aromatic carbocycles. The van der Waals surface area contributed by atoms with Crippen molar-refractivity contribution in [1.82, 2.24) is 9.80 Å². The topological polar surface area (TPSA) is 61.9 Å². The van der Waals surface area contributed by atoms with Crippen molar-refractivity contribution in [3.05, 3.63) is 59.7 Å². The molecule has 154 valence electrons. The first-order chi connectivity index (χ1) is 14.1. The van der Waals surface area contributed by atoms with Crippen LogP contribution in [0.1, 0.15) is 29.8 Å². The van der Waals surface area contributed by atoms with E-state index in [-0.39, 0.29) is 11.8 Å². The number of nitrogens with zero attached hydrogens (tertiary/aromatic N) is 2. The number of piperazine rings is 1. The fraction of sp³-hybridized carbons (Fsp3) is 0.391. The lowest BCUT2D eigenvalue weighted by Gasteiger charge is -2.34. The minimum atomic E-state index is -0.0165. The first-order valence-corrected chi connectivity index (χ1v) is 10.2. The maximum Gasteiger partial charge on any atom is 0.253 e. The number of rotatable bonds is 7. The second kappa shape index (κ2) is 10.1. The Morgan fingerprint density at radius 2 is 1.66 bits per heavy atom. The van der Waals surface area contributed by atoms with Crippen molar-refractivity contribution in [2.45, 2.75) is 20.3 Å². The van der Waals surface area contributed by atoms with Crippen molar-refractivity contribution < 1.29 is 14.3 Å². The van der Waals surface area contributed by atoms with E-state index in [1.54, 1.807) is 12.1 Å². The number of aryl methyl sites for hydroxylation is 1. The maximum absolute atomic E-state index is 12.7. The number of hydrogen-bond acceptors (Lipinski definition) is 4. The van der Waals surface area contributed by atoms with E-state index in [0.717, 1.165) is 23.4 Å². The fourth-order valence-electron chi connectivity index (χ4n) is 3.50. The molecule has 1 saturated heterocycles. The molecular formula is C23H29N3O3. The van der Waals surface area contributed by atoms with Crippen LogP contribution in [0.15, 0.2) is 48.5 Å². The molecule has 1 aliphatic heterocycles. The molecule has 2 aromatic rings. The van der Waals surface area contributed by atoms with Crippen LogP contribution in [0.3, 0.4) is 0 Å². The average Bonchev–Trinajstić information content (AvgIpc) is 2.75. The molecule has 0 aromatic heterocycles. The number of amides is 2. The Morgan fingerprint density at radius 3 is 2.31 bits per heavy atom. The van der Waals surface area contributed by atoms with Crippen LogP contribution in [0, 0.1) is 0 Å². The molecule has 0 spiro atoms. The number of carbonyl (C=O) groups excluding carboxylic acids is 2. The monoisotopic (exact) mass is 395 g/mol. The number of anilines is 1. The van der Waals surface area contributed by atoms with Crippen LogP contribution in [-0.2, 0) is 11.2 Å². The number of nitrogens with one attached hydrogen (secondary N) is 1. The van der Waals surface area contributed by atoms with Crippen LogP contribution in [0.4, 0.5) is 5.69 Å². The van der Waals surface area contributed by atoms with Gasteiger partial charge in [-0.1, -0.05) is 25.1 Å². The van der Waals surface area contributed by atoms with Crippen LogP contribution < -0.4 is 10.1 Å². The minimum Gasteiger partial charge on any atom is -0.494 e. The molecule has 1 fully saturated rings. The molecule has 29 heavy (non-hydrogen) atoms. The van der Waals surface area contributed by atoms with Crippen molar-refractivity contribution in [1.29, 1.82) is 0 Å². The molecule has 6 heteroatoms. The Kier molecular flexibility index (Phi) is 7.25. The molecule has 1 heterocycles. The molecule has 1 aliphatic rings. The van der Waals surface area contributed by atoms with Gasteiger partial charge in [0.15, 0.2) is 0 Å². The Balaban J connectivity index is 1.48. The van der Waals surface area contributed by atoms with Crippen molar-refractivity contribution in [3.8, 4) is 5.75 Å². The fourth-order valence-corrected chi connectivity index (χ4v) is 3.50. The highest BCUT2D eigenvalue weighted by atomic mass is 16.5. The summed E-state index contributed by atoms with van der Waals surface area (Å²) in [6.45, 7) is 7.55. The first kappa shape index (κ1) is 20.9. The van der Waals surface area contributed by atoms with Gasteiger partial charge in [-0.15, -0.1) is 0 Å². The summed E-state index contributed by atoms with van der Waals surface area (Å²) >= 11 is 0. The summed E-state index contributed by atoms with van der Waals surface area (Å²) in [6, 6.07) is 15.1. The van der Waals surface area contributed by atoms with Crippen molar-refractivity contribution in [3.63, 3.8) is 0 Å². The third kappa shape index (κ3) is 5.57. The smallest absolute Gasteiger partial charge is 0.253 e. The second-order valence-corrected chi connectivity index (χ2v) is 7.08. The summed E-state index contributed by atoms with van der Waals surface area (Å²) < 4.78 is 5.42. The molecular weight excluding hydrogens is 366 g/mol. The standard InChI is InChI=1S/C23H29N3O3/c1-3-18-7-5-6-8-21(18)24-22(27)17-25-13-15-26(16-14-25)23(28)19-9-11-20(12-10-19)29-4-2/h5-12H,3-4,13-17H2,1-2H3,(H,24,27). The van der Waals surface area contributed by atoms with E-state index in [1.165, 1.54) is 0 Å². The van der Waals surface area contributed by atoms with E-state index in [9.17, 15) is 9.59 Å². The Labute approximate surface area is 172 Å². The zero-order valence-electron chi connectivity index (χ0n) is 17.2. The largest absolute Gasteiger partial charge is 0.494 e. The number of hydrogen-bond donors (Lipinski definition) is 1. The summed E-state index contributed by atoms with van der Waals surface area (Å²) in [5, 5.41) is 3.01. The third-order valence-corrected chi connectivity index (χ3v) is 5.11. The van der Waals surface area contributed by atoms with Crippen LogP contribution >= 0.6 is 0 Å². The minimum absolute atomic E-state index is 0.0165. The Morgan fingerprint density at radius 1 is 0.966 bits per heavy atom. The van der Waals surface area contributed by atoms with Gasteiger partial charge in [0.1, 0.15) is 5.75 Å². The predicted molar refractivity (Wildman–Crippen MR) is 114 cm³/mol. The normalized spacial score (nSPS) is 14.5. The van der Waals surface area contributed by atoms with E-state index >= 15 is 0 Å². The predicted octanol–water partition coefficient (Wildman–Crippen LogP) is 3.04.